The van der Waals surface area contributed by atoms with Crippen molar-refractivity contribution in [3.8, 4) is 0 Å². The summed E-state index contributed by atoms with van der Waals surface area (Å²) >= 11 is 0. The minimum absolute atomic E-state index is 0.170. The highest BCUT2D eigenvalue weighted by Gasteiger charge is 2.07. The average molecular weight is 325 g/mol. The summed E-state index contributed by atoms with van der Waals surface area (Å²) in [6.07, 6.45) is 3.20. The molecule has 1 amide bonds. The standard InChI is InChI=1S/C20H23NO3/c1-16(9-8-14-19(22)18-12-6-3-7-13-18)21-20(23)24-15-17-10-4-2-5-11-17/h2-13,16,19,22H,14-15H2,1H3,(H,21,23)/b9-8-/t16-,19+/m0/s1. The maximum atomic E-state index is 11.7. The van der Waals surface area contributed by atoms with E-state index in [1.807, 2.05) is 79.7 Å². The first-order valence-electron chi connectivity index (χ1n) is 8.02. The lowest BCUT2D eigenvalue weighted by Gasteiger charge is -2.11. The Labute approximate surface area is 142 Å². The van der Waals surface area contributed by atoms with Crippen LogP contribution in [0, 0.1) is 0 Å². The monoisotopic (exact) mass is 325 g/mol. The van der Waals surface area contributed by atoms with Crippen molar-refractivity contribution in [2.24, 2.45) is 0 Å². The van der Waals surface area contributed by atoms with Crippen LogP contribution >= 0.6 is 0 Å². The summed E-state index contributed by atoms with van der Waals surface area (Å²) in [5.74, 6) is 0. The normalized spacial score (nSPS) is 13.4. The molecule has 0 fully saturated rings. The number of carbonyl (C=O) groups is 1. The second-order valence-corrected chi connectivity index (χ2v) is 5.59. The van der Waals surface area contributed by atoms with E-state index in [-0.39, 0.29) is 12.6 Å². The highest BCUT2D eigenvalue weighted by Crippen LogP contribution is 2.16. The molecule has 0 bridgehead atoms. The maximum Gasteiger partial charge on any atom is 0.407 e. The molecule has 0 aliphatic carbocycles. The van der Waals surface area contributed by atoms with Gasteiger partial charge >= 0.3 is 6.09 Å². The van der Waals surface area contributed by atoms with Gasteiger partial charge in [0, 0.05) is 6.04 Å². The number of amides is 1. The summed E-state index contributed by atoms with van der Waals surface area (Å²) in [5.41, 5.74) is 1.83. The van der Waals surface area contributed by atoms with Crippen molar-refractivity contribution in [2.45, 2.75) is 32.1 Å². The number of aliphatic hydroxyl groups excluding tert-OH is 1. The molecule has 0 saturated carbocycles. The predicted octanol–water partition coefficient (Wildman–Crippen LogP) is 3.98. The molecule has 2 aromatic carbocycles. The first-order valence-corrected chi connectivity index (χ1v) is 8.02. The van der Waals surface area contributed by atoms with Crippen molar-refractivity contribution in [3.63, 3.8) is 0 Å². The molecule has 2 rings (SSSR count). The van der Waals surface area contributed by atoms with Crippen molar-refractivity contribution in [3.05, 3.63) is 83.9 Å². The number of benzene rings is 2. The fraction of sp³-hybridized carbons (Fsp3) is 0.250. The lowest BCUT2D eigenvalue weighted by Crippen LogP contribution is -2.31. The Morgan fingerprint density at radius 2 is 1.75 bits per heavy atom. The van der Waals surface area contributed by atoms with Crippen LogP contribution in [0.2, 0.25) is 0 Å². The highest BCUT2D eigenvalue weighted by molar-refractivity contribution is 5.67. The number of rotatable bonds is 7. The van der Waals surface area contributed by atoms with Gasteiger partial charge in [0.05, 0.1) is 6.10 Å². The van der Waals surface area contributed by atoms with Gasteiger partial charge in [-0.05, 0) is 24.5 Å². The Hall–Kier alpha value is -2.59. The van der Waals surface area contributed by atoms with E-state index in [1.165, 1.54) is 0 Å². The molecular formula is C20H23NO3. The summed E-state index contributed by atoms with van der Waals surface area (Å²) < 4.78 is 5.16. The summed E-state index contributed by atoms with van der Waals surface area (Å²) in [6, 6.07) is 18.9. The van der Waals surface area contributed by atoms with Gasteiger partial charge in [0.1, 0.15) is 6.61 Å². The molecule has 2 aromatic rings. The van der Waals surface area contributed by atoms with E-state index in [9.17, 15) is 9.90 Å². The zero-order valence-electron chi connectivity index (χ0n) is 13.8. The molecule has 4 nitrogen and oxygen atoms in total. The molecule has 0 radical (unpaired) electrons. The van der Waals surface area contributed by atoms with Gasteiger partial charge in [0.25, 0.3) is 0 Å². The summed E-state index contributed by atoms with van der Waals surface area (Å²) in [7, 11) is 0. The van der Waals surface area contributed by atoms with Crippen LogP contribution in [0.3, 0.4) is 0 Å². The minimum atomic E-state index is -0.542. The van der Waals surface area contributed by atoms with Crippen molar-refractivity contribution in [2.75, 3.05) is 0 Å². The third-order valence-corrected chi connectivity index (χ3v) is 3.53. The lowest BCUT2D eigenvalue weighted by atomic mass is 10.1. The van der Waals surface area contributed by atoms with Gasteiger partial charge in [-0.25, -0.2) is 4.79 Å². The Morgan fingerprint density at radius 3 is 2.42 bits per heavy atom. The number of nitrogens with one attached hydrogen (secondary N) is 1. The number of hydrogen-bond acceptors (Lipinski definition) is 3. The fourth-order valence-corrected chi connectivity index (χ4v) is 2.22. The summed E-state index contributed by atoms with van der Waals surface area (Å²) in [6.45, 7) is 2.10. The third kappa shape index (κ3) is 6.26. The van der Waals surface area contributed by atoms with Gasteiger partial charge in [0.15, 0.2) is 0 Å². The number of hydrogen-bond donors (Lipinski definition) is 2. The molecule has 0 unspecified atom stereocenters. The molecule has 2 atom stereocenters. The van der Waals surface area contributed by atoms with Gasteiger partial charge in [0.2, 0.25) is 0 Å². The van der Waals surface area contributed by atoms with Crippen molar-refractivity contribution >= 4 is 6.09 Å². The average Bonchev–Trinajstić information content (AvgIpc) is 2.61. The maximum absolute atomic E-state index is 11.7. The van der Waals surface area contributed by atoms with Crippen LogP contribution < -0.4 is 5.32 Å². The molecule has 0 aliphatic rings. The summed E-state index contributed by atoms with van der Waals surface area (Å²) in [4.78, 5) is 11.7. The number of alkyl carbamates (subject to hydrolysis) is 1. The Morgan fingerprint density at radius 1 is 1.12 bits per heavy atom. The molecular weight excluding hydrogens is 302 g/mol. The van der Waals surface area contributed by atoms with Crippen molar-refractivity contribution < 1.29 is 14.6 Å². The number of ether oxygens (including phenoxy) is 1. The first-order chi connectivity index (χ1) is 11.6. The quantitative estimate of drug-likeness (QED) is 0.757. The zero-order chi connectivity index (χ0) is 17.2. The smallest absolute Gasteiger partial charge is 0.407 e. The first kappa shape index (κ1) is 17.8. The van der Waals surface area contributed by atoms with Crippen LogP contribution in [0.4, 0.5) is 4.79 Å². The largest absolute Gasteiger partial charge is 0.445 e. The van der Waals surface area contributed by atoms with E-state index in [2.05, 4.69) is 5.32 Å². The van der Waals surface area contributed by atoms with E-state index in [1.54, 1.807) is 0 Å². The van der Waals surface area contributed by atoms with E-state index in [4.69, 9.17) is 4.74 Å². The Kier molecular flexibility index (Phi) is 7.05. The number of aliphatic hydroxyl groups is 1. The van der Waals surface area contributed by atoms with Crippen LogP contribution in [-0.2, 0) is 11.3 Å². The number of carbonyl (C=O) groups excluding carboxylic acids is 1. The van der Waals surface area contributed by atoms with Gasteiger partial charge < -0.3 is 15.2 Å². The second-order valence-electron chi connectivity index (χ2n) is 5.59. The topological polar surface area (TPSA) is 58.6 Å². The molecule has 2 N–H and O–H groups in total. The lowest BCUT2D eigenvalue weighted by molar-refractivity contribution is 0.138. The van der Waals surface area contributed by atoms with Gasteiger partial charge in [-0.15, -0.1) is 0 Å². The van der Waals surface area contributed by atoms with E-state index >= 15 is 0 Å². The minimum Gasteiger partial charge on any atom is -0.445 e. The van der Waals surface area contributed by atoms with Gasteiger partial charge in [-0.1, -0.05) is 72.8 Å². The molecule has 0 spiro atoms. The molecule has 0 aromatic heterocycles. The molecule has 126 valence electrons. The molecule has 4 heteroatoms. The van der Waals surface area contributed by atoms with Crippen LogP contribution in [0.15, 0.2) is 72.8 Å². The van der Waals surface area contributed by atoms with Crippen LogP contribution in [0.25, 0.3) is 0 Å². The van der Waals surface area contributed by atoms with Gasteiger partial charge in [-0.3, -0.25) is 0 Å². The second kappa shape index (κ2) is 9.53. The van der Waals surface area contributed by atoms with Crippen LogP contribution in [0.1, 0.15) is 30.6 Å². The SMILES string of the molecule is C[C@@H](/C=C\C[C@@H](O)c1ccccc1)NC(=O)OCc1ccccc1. The molecule has 0 saturated heterocycles. The molecule has 0 heterocycles. The van der Waals surface area contributed by atoms with Crippen molar-refractivity contribution in [1.82, 2.24) is 5.32 Å². The van der Waals surface area contributed by atoms with E-state index < -0.39 is 12.2 Å². The summed E-state index contributed by atoms with van der Waals surface area (Å²) in [5, 5.41) is 12.8. The zero-order valence-corrected chi connectivity index (χ0v) is 13.8. The Balaban J connectivity index is 1.70. The van der Waals surface area contributed by atoms with E-state index in [0.29, 0.717) is 6.42 Å². The fourth-order valence-electron chi connectivity index (χ4n) is 2.22. The highest BCUT2D eigenvalue weighted by atomic mass is 16.5. The van der Waals surface area contributed by atoms with Crippen LogP contribution in [-0.4, -0.2) is 17.2 Å². The predicted molar refractivity (Wildman–Crippen MR) is 94.4 cm³/mol. The third-order valence-electron chi connectivity index (χ3n) is 3.53. The van der Waals surface area contributed by atoms with Crippen LogP contribution in [0.5, 0.6) is 0 Å². The van der Waals surface area contributed by atoms with Gasteiger partial charge in [-0.2, -0.15) is 0 Å². The molecule has 0 aliphatic heterocycles. The van der Waals surface area contributed by atoms with E-state index in [0.717, 1.165) is 11.1 Å². The van der Waals surface area contributed by atoms with Crippen molar-refractivity contribution in [1.29, 1.82) is 0 Å². The Bertz CT molecular complexity index is 640. The molecule has 24 heavy (non-hydrogen) atoms.